The van der Waals surface area contributed by atoms with E-state index in [0.29, 0.717) is 41.6 Å². The van der Waals surface area contributed by atoms with E-state index in [9.17, 15) is 9.59 Å². The number of carbonyl (C=O) groups is 2. The largest absolute Gasteiger partial charge is 0.496 e. The Morgan fingerprint density at radius 1 is 0.884 bits per heavy atom. The van der Waals surface area contributed by atoms with Crippen LogP contribution in [0.3, 0.4) is 0 Å². The molecule has 228 valence electrons. The Labute approximate surface area is 254 Å². The van der Waals surface area contributed by atoms with Crippen molar-refractivity contribution in [3.8, 4) is 22.8 Å². The van der Waals surface area contributed by atoms with Crippen LogP contribution < -0.4 is 14.8 Å². The number of amides is 1. The molecule has 4 rings (SSSR count). The normalized spacial score (nSPS) is 12.3. The highest BCUT2D eigenvalue weighted by Gasteiger charge is 2.26. The first-order valence-corrected chi connectivity index (χ1v) is 14.8. The van der Waals surface area contributed by atoms with Gasteiger partial charge in [0, 0.05) is 6.04 Å². The fourth-order valence-electron chi connectivity index (χ4n) is 5.07. The van der Waals surface area contributed by atoms with E-state index < -0.39 is 5.60 Å². The number of hydrogen-bond acceptors (Lipinski definition) is 6. The topological polar surface area (TPSA) is 91.7 Å². The zero-order valence-electron chi connectivity index (χ0n) is 26.3. The Morgan fingerprint density at radius 3 is 2.19 bits per heavy atom. The molecule has 1 amide bonds. The summed E-state index contributed by atoms with van der Waals surface area (Å²) in [6.07, 6.45) is 1.59. The van der Waals surface area contributed by atoms with Crippen molar-refractivity contribution in [1.29, 1.82) is 0 Å². The summed E-state index contributed by atoms with van der Waals surface area (Å²) in [5, 5.41) is 10.1. The zero-order chi connectivity index (χ0) is 31.1. The van der Waals surface area contributed by atoms with Crippen molar-refractivity contribution in [2.45, 2.75) is 72.1 Å². The third kappa shape index (κ3) is 8.37. The SMILES string of the molecule is COc1cccc(OC)c1-c1cc(C(=O)N[C@@H](CCC(C)C)CC(=O)OC(C)(C)C)nn1Cc1ccc2ccccc2c1. The van der Waals surface area contributed by atoms with Gasteiger partial charge in [-0.1, -0.05) is 56.3 Å². The molecule has 1 atom stereocenters. The molecule has 0 unspecified atom stereocenters. The maximum absolute atomic E-state index is 13.7. The molecule has 0 saturated carbocycles. The molecule has 0 fully saturated rings. The number of benzene rings is 3. The second kappa shape index (κ2) is 13.8. The summed E-state index contributed by atoms with van der Waals surface area (Å²) in [5.74, 6) is 0.924. The second-order valence-corrected chi connectivity index (χ2v) is 12.2. The molecule has 0 spiro atoms. The Morgan fingerprint density at radius 2 is 1.56 bits per heavy atom. The van der Waals surface area contributed by atoms with Gasteiger partial charge in [0.15, 0.2) is 5.69 Å². The molecule has 1 N–H and O–H groups in total. The molecule has 0 saturated heterocycles. The highest BCUT2D eigenvalue weighted by molar-refractivity contribution is 5.94. The van der Waals surface area contributed by atoms with Crippen molar-refractivity contribution in [2.24, 2.45) is 5.92 Å². The molecule has 1 heterocycles. The first-order chi connectivity index (χ1) is 20.5. The van der Waals surface area contributed by atoms with E-state index in [1.807, 2.05) is 51.1 Å². The van der Waals surface area contributed by atoms with E-state index in [1.54, 1.807) is 25.0 Å². The molecule has 0 aliphatic rings. The number of esters is 1. The Bertz CT molecular complexity index is 1550. The zero-order valence-corrected chi connectivity index (χ0v) is 26.3. The van der Waals surface area contributed by atoms with Crippen molar-refractivity contribution >= 4 is 22.6 Å². The van der Waals surface area contributed by atoms with E-state index in [0.717, 1.165) is 22.8 Å². The van der Waals surface area contributed by atoms with Crippen molar-refractivity contribution in [3.05, 3.63) is 78.0 Å². The summed E-state index contributed by atoms with van der Waals surface area (Å²) < 4.78 is 18.8. The van der Waals surface area contributed by atoms with Gasteiger partial charge in [0.05, 0.1) is 38.4 Å². The molecule has 8 nitrogen and oxygen atoms in total. The van der Waals surface area contributed by atoms with Gasteiger partial charge in [-0.05, 0) is 80.1 Å². The third-order valence-corrected chi connectivity index (χ3v) is 7.10. The van der Waals surface area contributed by atoms with Gasteiger partial charge in [-0.3, -0.25) is 14.3 Å². The number of hydrogen-bond donors (Lipinski definition) is 1. The van der Waals surface area contributed by atoms with E-state index in [-0.39, 0.29) is 30.0 Å². The minimum absolute atomic E-state index is 0.0840. The van der Waals surface area contributed by atoms with Crippen LogP contribution in [0.2, 0.25) is 0 Å². The van der Waals surface area contributed by atoms with Gasteiger partial charge in [-0.2, -0.15) is 5.10 Å². The number of nitrogens with zero attached hydrogens (tertiary/aromatic N) is 2. The Balaban J connectivity index is 1.70. The molecule has 1 aromatic heterocycles. The molecule has 0 aliphatic carbocycles. The van der Waals surface area contributed by atoms with Crippen LogP contribution in [0.25, 0.3) is 22.0 Å². The van der Waals surface area contributed by atoms with E-state index in [1.165, 1.54) is 0 Å². The van der Waals surface area contributed by atoms with Crippen LogP contribution in [0.1, 0.15) is 69.9 Å². The van der Waals surface area contributed by atoms with Gasteiger partial charge >= 0.3 is 5.97 Å². The van der Waals surface area contributed by atoms with Crippen molar-refractivity contribution < 1.29 is 23.8 Å². The van der Waals surface area contributed by atoms with Gasteiger partial charge in [-0.15, -0.1) is 0 Å². The van der Waals surface area contributed by atoms with E-state index >= 15 is 0 Å². The minimum atomic E-state index is -0.603. The predicted octanol–water partition coefficient (Wildman–Crippen LogP) is 7.04. The molecular formula is C35H43N3O5. The van der Waals surface area contributed by atoms with Crippen LogP contribution in [-0.2, 0) is 16.1 Å². The smallest absolute Gasteiger partial charge is 0.308 e. The quantitative estimate of drug-likeness (QED) is 0.179. The van der Waals surface area contributed by atoms with Crippen LogP contribution in [0.4, 0.5) is 0 Å². The maximum atomic E-state index is 13.7. The standard InChI is InChI=1S/C35H43N3O5/c1-23(2)15-18-27(20-32(39)43-35(3,4)5)36-34(40)28-21-29(33-30(41-6)13-10-14-31(33)42-7)38(37-28)22-24-16-17-25-11-8-9-12-26(25)19-24/h8-14,16-17,19,21,23,27H,15,18,20,22H2,1-7H3,(H,36,40)/t27-/m0/s1. The average molecular weight is 586 g/mol. The predicted molar refractivity (Wildman–Crippen MR) is 170 cm³/mol. The number of carbonyl (C=O) groups excluding carboxylic acids is 2. The lowest BCUT2D eigenvalue weighted by Crippen LogP contribution is -2.38. The third-order valence-electron chi connectivity index (χ3n) is 7.10. The lowest BCUT2D eigenvalue weighted by atomic mass is 10.0. The van der Waals surface area contributed by atoms with Crippen molar-refractivity contribution in [2.75, 3.05) is 14.2 Å². The number of ether oxygens (including phenoxy) is 3. The summed E-state index contributed by atoms with van der Waals surface area (Å²) in [6, 6.07) is 21.4. The fourth-order valence-corrected chi connectivity index (χ4v) is 5.07. The maximum Gasteiger partial charge on any atom is 0.308 e. The Hall–Kier alpha value is -4.33. The van der Waals surface area contributed by atoms with Crippen LogP contribution in [0.5, 0.6) is 11.5 Å². The summed E-state index contributed by atoms with van der Waals surface area (Å²) in [6.45, 7) is 10.2. The fraction of sp³-hybridized carbons (Fsp3) is 0.400. The first kappa shape index (κ1) is 31.6. The molecule has 0 aliphatic heterocycles. The summed E-state index contributed by atoms with van der Waals surface area (Å²) in [5.41, 5.74) is 2.04. The molecule has 0 radical (unpaired) electrons. The van der Waals surface area contributed by atoms with E-state index in [2.05, 4.69) is 49.5 Å². The van der Waals surface area contributed by atoms with Crippen molar-refractivity contribution in [1.82, 2.24) is 15.1 Å². The minimum Gasteiger partial charge on any atom is -0.496 e. The van der Waals surface area contributed by atoms with Crippen LogP contribution >= 0.6 is 0 Å². The van der Waals surface area contributed by atoms with E-state index in [4.69, 9.17) is 19.3 Å². The molecule has 4 aromatic rings. The van der Waals surface area contributed by atoms with Gasteiger partial charge in [0.1, 0.15) is 17.1 Å². The van der Waals surface area contributed by atoms with Gasteiger partial charge in [0.2, 0.25) is 0 Å². The van der Waals surface area contributed by atoms with Gasteiger partial charge in [0.25, 0.3) is 5.91 Å². The van der Waals surface area contributed by atoms with Crippen molar-refractivity contribution in [3.63, 3.8) is 0 Å². The number of rotatable bonds is 12. The highest BCUT2D eigenvalue weighted by Crippen LogP contribution is 2.39. The number of nitrogens with one attached hydrogen (secondary N) is 1. The van der Waals surface area contributed by atoms with Gasteiger partial charge in [-0.25, -0.2) is 0 Å². The van der Waals surface area contributed by atoms with Gasteiger partial charge < -0.3 is 19.5 Å². The molecule has 8 heteroatoms. The summed E-state index contributed by atoms with van der Waals surface area (Å²) in [7, 11) is 3.21. The summed E-state index contributed by atoms with van der Waals surface area (Å²) in [4.78, 5) is 26.4. The number of fused-ring (bicyclic) bond motifs is 1. The summed E-state index contributed by atoms with van der Waals surface area (Å²) >= 11 is 0. The molecule has 3 aromatic carbocycles. The second-order valence-electron chi connectivity index (χ2n) is 12.2. The Kier molecular flexibility index (Phi) is 10.1. The van der Waals surface area contributed by atoms with Crippen LogP contribution in [0, 0.1) is 5.92 Å². The average Bonchev–Trinajstić information content (AvgIpc) is 3.37. The lowest BCUT2D eigenvalue weighted by molar-refractivity contribution is -0.155. The number of methoxy groups -OCH3 is 2. The number of aromatic nitrogens is 2. The van der Waals surface area contributed by atoms with Crippen LogP contribution in [0.15, 0.2) is 66.7 Å². The molecule has 0 bridgehead atoms. The lowest BCUT2D eigenvalue weighted by Gasteiger charge is -2.23. The van der Waals surface area contributed by atoms with Crippen LogP contribution in [-0.4, -0.2) is 47.5 Å². The first-order valence-electron chi connectivity index (χ1n) is 14.8. The molecular weight excluding hydrogens is 542 g/mol. The monoisotopic (exact) mass is 585 g/mol. The highest BCUT2D eigenvalue weighted by atomic mass is 16.6. The molecule has 43 heavy (non-hydrogen) atoms.